The molecule has 178 valence electrons. The van der Waals surface area contributed by atoms with Crippen LogP contribution in [0.25, 0.3) is 33.0 Å². The Kier molecular flexibility index (Phi) is 9.53. The van der Waals surface area contributed by atoms with E-state index in [0.717, 1.165) is 9.52 Å². The molecule has 36 heavy (non-hydrogen) atoms. The summed E-state index contributed by atoms with van der Waals surface area (Å²) >= 11 is -0.826. The Bertz CT molecular complexity index is 1430. The molecular formula is C32H28Cl2SiZr. The Morgan fingerprint density at radius 1 is 0.833 bits per heavy atom. The van der Waals surface area contributed by atoms with Gasteiger partial charge < -0.3 is 0 Å². The van der Waals surface area contributed by atoms with E-state index in [-0.39, 0.29) is 0 Å². The number of hydrogen-bond acceptors (Lipinski definition) is 0. The zero-order valence-electron chi connectivity index (χ0n) is 21.0. The topological polar surface area (TPSA) is 0 Å². The second-order valence-electron chi connectivity index (χ2n) is 9.24. The van der Waals surface area contributed by atoms with Gasteiger partial charge in [-0.3, -0.25) is 0 Å². The van der Waals surface area contributed by atoms with Crippen molar-refractivity contribution in [2.24, 2.45) is 0 Å². The molecule has 0 unspecified atom stereocenters. The van der Waals surface area contributed by atoms with Gasteiger partial charge in [0, 0.05) is 0 Å². The van der Waals surface area contributed by atoms with Crippen molar-refractivity contribution in [3.05, 3.63) is 114 Å². The van der Waals surface area contributed by atoms with Crippen molar-refractivity contribution < 1.29 is 20.8 Å². The van der Waals surface area contributed by atoms with E-state index in [2.05, 4.69) is 119 Å². The van der Waals surface area contributed by atoms with E-state index in [9.17, 15) is 0 Å². The second-order valence-corrected chi connectivity index (χ2v) is 14.3. The number of aryl methyl sites for hydroxylation is 2. The van der Waals surface area contributed by atoms with E-state index in [1.807, 2.05) is 6.07 Å². The van der Waals surface area contributed by atoms with Gasteiger partial charge in [-0.05, 0) is 24.0 Å². The summed E-state index contributed by atoms with van der Waals surface area (Å²) in [6.07, 6.45) is 0. The van der Waals surface area contributed by atoms with E-state index < -0.39 is 20.8 Å². The summed E-state index contributed by atoms with van der Waals surface area (Å²) in [5.74, 6) is 0.532. The Morgan fingerprint density at radius 2 is 1.50 bits per heavy atom. The van der Waals surface area contributed by atoms with Gasteiger partial charge in [-0.25, -0.2) is 0 Å². The first-order valence-corrected chi connectivity index (χ1v) is 19.4. The Hall–Kier alpha value is -1.83. The summed E-state index contributed by atoms with van der Waals surface area (Å²) < 4.78 is 0. The van der Waals surface area contributed by atoms with Crippen LogP contribution >= 0.6 is 17.0 Å². The molecule has 0 nitrogen and oxygen atoms in total. The van der Waals surface area contributed by atoms with Crippen LogP contribution in [0.3, 0.4) is 0 Å². The van der Waals surface area contributed by atoms with Crippen molar-refractivity contribution in [2.75, 3.05) is 0 Å². The van der Waals surface area contributed by atoms with Gasteiger partial charge in [0.05, 0.1) is 9.52 Å². The van der Waals surface area contributed by atoms with Crippen LogP contribution in [0, 0.1) is 19.9 Å². The van der Waals surface area contributed by atoms with Crippen molar-refractivity contribution in [3.63, 3.8) is 0 Å². The van der Waals surface area contributed by atoms with E-state index in [4.69, 9.17) is 17.0 Å². The van der Waals surface area contributed by atoms with Gasteiger partial charge in [0.1, 0.15) is 0 Å². The van der Waals surface area contributed by atoms with Crippen LogP contribution in [-0.2, 0) is 20.8 Å². The fourth-order valence-electron chi connectivity index (χ4n) is 4.81. The van der Waals surface area contributed by atoms with Crippen LogP contribution in [-0.4, -0.2) is 9.52 Å². The second kappa shape index (κ2) is 12.6. The average Bonchev–Trinajstić information content (AvgIpc) is 3.44. The molecule has 1 aliphatic heterocycles. The van der Waals surface area contributed by atoms with Crippen LogP contribution in [0.15, 0.2) is 91.0 Å². The van der Waals surface area contributed by atoms with E-state index in [1.54, 1.807) is 0 Å². The SMILES string of the molecule is Cc1cc2c(-c3ccccc3C)c(C(C)C)ccc2[cH-]1.[Cl][Zr+2][Cl].[c-]1cccc2c1[Si]c1ccccc1-2. The standard InChI is InChI=1S/C20H21.C12H7Si.2ClH.Zr/c1-13(2)17-10-9-16-11-14(3)12-19(16)20(17)18-8-6-5-7-15(18)4;1-3-7-11-9(5-1)10-6-2-4-8-12(10)13-11;;;/h5-13H,1-4H3;1-7H;2*1H;/q2*-1;;;+4/p-2. The molecular weight excluding hydrogens is 575 g/mol. The molecule has 0 saturated heterocycles. The van der Waals surface area contributed by atoms with Gasteiger partial charge in [0.15, 0.2) is 0 Å². The Balaban J connectivity index is 0.000000163. The third-order valence-corrected chi connectivity index (χ3v) is 7.81. The van der Waals surface area contributed by atoms with Gasteiger partial charge in [-0.2, -0.15) is 35.5 Å². The molecule has 0 spiro atoms. The first-order chi connectivity index (χ1) is 17.4. The minimum Gasteiger partial charge on any atom is -0.184 e. The molecule has 4 heteroatoms. The van der Waals surface area contributed by atoms with Crippen molar-refractivity contribution in [1.29, 1.82) is 0 Å². The minimum absolute atomic E-state index is 0.532. The molecule has 1 aliphatic rings. The number of fused-ring (bicyclic) bond motifs is 4. The molecule has 5 aromatic carbocycles. The van der Waals surface area contributed by atoms with Crippen molar-refractivity contribution in [2.45, 2.75) is 33.6 Å². The molecule has 0 aromatic heterocycles. The van der Waals surface area contributed by atoms with Gasteiger partial charge >= 0.3 is 37.9 Å². The van der Waals surface area contributed by atoms with Gasteiger partial charge in [0.25, 0.3) is 0 Å². The largest absolute Gasteiger partial charge is 0.184 e. The summed E-state index contributed by atoms with van der Waals surface area (Å²) in [6.45, 7) is 8.93. The zero-order valence-corrected chi connectivity index (χ0v) is 26.0. The fourth-order valence-corrected chi connectivity index (χ4v) is 6.12. The number of halogens is 2. The molecule has 5 aromatic rings. The van der Waals surface area contributed by atoms with Crippen molar-refractivity contribution >= 4 is 47.7 Å². The van der Waals surface area contributed by atoms with Crippen LogP contribution < -0.4 is 10.4 Å². The molecule has 6 rings (SSSR count). The maximum absolute atomic E-state index is 4.93. The third kappa shape index (κ3) is 6.00. The normalized spacial score (nSPS) is 11.1. The monoisotopic (exact) mass is 600 g/mol. The summed E-state index contributed by atoms with van der Waals surface area (Å²) in [7, 11) is 10.7. The number of benzene rings is 4. The molecule has 0 fully saturated rings. The van der Waals surface area contributed by atoms with E-state index in [1.165, 1.54) is 60.1 Å². The maximum atomic E-state index is 4.93. The van der Waals surface area contributed by atoms with E-state index in [0.29, 0.717) is 5.92 Å². The van der Waals surface area contributed by atoms with Gasteiger partial charge in [-0.1, -0.05) is 91.2 Å². The molecule has 0 N–H and O–H groups in total. The number of rotatable bonds is 2. The Morgan fingerprint density at radius 3 is 2.22 bits per heavy atom. The van der Waals surface area contributed by atoms with Crippen LogP contribution in [0.2, 0.25) is 0 Å². The molecule has 0 saturated carbocycles. The van der Waals surface area contributed by atoms with Crippen LogP contribution in [0.4, 0.5) is 0 Å². The quantitative estimate of drug-likeness (QED) is 0.138. The van der Waals surface area contributed by atoms with Crippen molar-refractivity contribution in [1.82, 2.24) is 0 Å². The predicted octanol–water partition coefficient (Wildman–Crippen LogP) is 8.46. The van der Waals surface area contributed by atoms with Crippen LogP contribution in [0.5, 0.6) is 0 Å². The fraction of sp³-hybridized carbons (Fsp3) is 0.156. The third-order valence-electron chi connectivity index (χ3n) is 6.44. The summed E-state index contributed by atoms with van der Waals surface area (Å²) in [6, 6.07) is 36.0. The molecule has 1 heterocycles. The van der Waals surface area contributed by atoms with Gasteiger partial charge in [-0.15, -0.1) is 40.1 Å². The first-order valence-electron chi connectivity index (χ1n) is 12.0. The summed E-state index contributed by atoms with van der Waals surface area (Å²) in [4.78, 5) is 0. The van der Waals surface area contributed by atoms with Gasteiger partial charge in [0.2, 0.25) is 0 Å². The van der Waals surface area contributed by atoms with Crippen LogP contribution in [0.1, 0.15) is 36.5 Å². The molecule has 0 aliphatic carbocycles. The number of hydrogen-bond donors (Lipinski definition) is 0. The van der Waals surface area contributed by atoms with E-state index >= 15 is 0 Å². The maximum Gasteiger partial charge on any atom is 0.0920 e. The zero-order chi connectivity index (χ0) is 25.7. The molecule has 0 bridgehead atoms. The molecule has 2 radical (unpaired) electrons. The smallest absolute Gasteiger partial charge is 0.0920 e. The molecule has 0 atom stereocenters. The minimum atomic E-state index is -0.826. The predicted molar refractivity (Wildman–Crippen MR) is 156 cm³/mol. The summed E-state index contributed by atoms with van der Waals surface area (Å²) in [5, 5.41) is 5.57. The first kappa shape index (κ1) is 27.2. The average molecular weight is 603 g/mol. The summed E-state index contributed by atoms with van der Waals surface area (Å²) in [5.41, 5.74) is 9.69. The molecule has 0 amide bonds. The Labute approximate surface area is 236 Å². The van der Waals surface area contributed by atoms with Crippen molar-refractivity contribution in [3.8, 4) is 22.3 Å².